The molecular weight excluding hydrogens is 367 g/mol. The number of hydrogen-bond donors (Lipinski definition) is 1. The summed E-state index contributed by atoms with van der Waals surface area (Å²) in [4.78, 5) is 12.1. The number of rotatable bonds is 9. The number of sulfonamides is 1. The number of nitrogens with zero attached hydrogens (tertiary/aromatic N) is 1. The Kier molecular flexibility index (Phi) is 7.36. The van der Waals surface area contributed by atoms with Crippen LogP contribution in [0.4, 0.5) is 10.1 Å². The molecule has 0 spiro atoms. The highest BCUT2D eigenvalue weighted by molar-refractivity contribution is 7.92. The number of carbonyl (C=O) groups is 1. The summed E-state index contributed by atoms with van der Waals surface area (Å²) in [5.41, 5.74) is 1.41. The molecular formula is C20H25FN2O3S. The molecule has 0 radical (unpaired) electrons. The summed E-state index contributed by atoms with van der Waals surface area (Å²) in [6.45, 7) is 2.66. The molecule has 5 nitrogen and oxygen atoms in total. The Morgan fingerprint density at radius 2 is 1.85 bits per heavy atom. The Hall–Kier alpha value is -2.41. The maximum absolute atomic E-state index is 13.4. The van der Waals surface area contributed by atoms with Gasteiger partial charge in [-0.3, -0.25) is 9.10 Å². The van der Waals surface area contributed by atoms with Crippen LogP contribution in [0.25, 0.3) is 0 Å². The van der Waals surface area contributed by atoms with E-state index in [4.69, 9.17) is 0 Å². The standard InChI is InChI=1S/C20H25FN2O3S/c1-16(17-8-4-3-5-9-17)15-22-20(24)12-7-13-23(27(2,25)26)19-11-6-10-18(21)14-19/h3-6,8-11,14,16H,7,12-13,15H2,1-2H3,(H,22,24)/t16-/m0/s1. The fourth-order valence-corrected chi connectivity index (χ4v) is 3.71. The van der Waals surface area contributed by atoms with E-state index in [1.165, 1.54) is 24.3 Å². The first-order chi connectivity index (χ1) is 12.8. The number of anilines is 1. The average molecular weight is 392 g/mol. The highest BCUT2D eigenvalue weighted by atomic mass is 32.2. The minimum atomic E-state index is -3.56. The van der Waals surface area contributed by atoms with E-state index in [0.717, 1.165) is 16.1 Å². The van der Waals surface area contributed by atoms with Crippen molar-refractivity contribution in [3.05, 3.63) is 66.0 Å². The van der Waals surface area contributed by atoms with Gasteiger partial charge >= 0.3 is 0 Å². The first-order valence-corrected chi connectivity index (χ1v) is 10.7. The predicted molar refractivity (Wildman–Crippen MR) is 106 cm³/mol. The Bertz CT molecular complexity index is 857. The Labute approximate surface area is 160 Å². The molecule has 1 atom stereocenters. The molecule has 0 saturated heterocycles. The molecule has 7 heteroatoms. The van der Waals surface area contributed by atoms with Crippen LogP contribution in [0.15, 0.2) is 54.6 Å². The molecule has 1 amide bonds. The van der Waals surface area contributed by atoms with Gasteiger partial charge in [-0.25, -0.2) is 12.8 Å². The van der Waals surface area contributed by atoms with E-state index in [1.807, 2.05) is 37.3 Å². The topological polar surface area (TPSA) is 66.5 Å². The molecule has 146 valence electrons. The molecule has 2 aromatic rings. The van der Waals surface area contributed by atoms with Crippen LogP contribution in [-0.4, -0.2) is 33.7 Å². The van der Waals surface area contributed by atoms with Gasteiger partial charge in [0.25, 0.3) is 0 Å². The van der Waals surface area contributed by atoms with Crippen LogP contribution in [0.2, 0.25) is 0 Å². The number of amides is 1. The lowest BCUT2D eigenvalue weighted by molar-refractivity contribution is -0.121. The summed E-state index contributed by atoms with van der Waals surface area (Å²) in [5.74, 6) is -0.450. The number of benzene rings is 2. The zero-order chi connectivity index (χ0) is 19.9. The summed E-state index contributed by atoms with van der Waals surface area (Å²) in [6, 6.07) is 15.3. The van der Waals surface area contributed by atoms with Crippen molar-refractivity contribution in [3.8, 4) is 0 Å². The van der Waals surface area contributed by atoms with Crippen molar-refractivity contribution in [1.29, 1.82) is 0 Å². The third kappa shape index (κ3) is 6.67. The summed E-state index contributed by atoms with van der Waals surface area (Å²) in [5, 5.41) is 2.88. The van der Waals surface area contributed by atoms with Gasteiger partial charge in [-0.1, -0.05) is 43.3 Å². The fourth-order valence-electron chi connectivity index (χ4n) is 2.76. The third-order valence-electron chi connectivity index (χ3n) is 4.24. The molecule has 0 aliphatic rings. The van der Waals surface area contributed by atoms with Crippen molar-refractivity contribution in [2.24, 2.45) is 0 Å². The van der Waals surface area contributed by atoms with Gasteiger partial charge in [0.15, 0.2) is 0 Å². The van der Waals surface area contributed by atoms with Crippen LogP contribution in [0.3, 0.4) is 0 Å². The second-order valence-electron chi connectivity index (χ2n) is 6.53. The SMILES string of the molecule is C[C@@H](CNC(=O)CCCN(c1cccc(F)c1)S(C)(=O)=O)c1ccccc1. The van der Waals surface area contributed by atoms with Gasteiger partial charge in [0.1, 0.15) is 5.82 Å². The minimum Gasteiger partial charge on any atom is -0.356 e. The maximum Gasteiger partial charge on any atom is 0.232 e. The zero-order valence-corrected chi connectivity index (χ0v) is 16.4. The number of hydrogen-bond acceptors (Lipinski definition) is 3. The maximum atomic E-state index is 13.4. The van der Waals surface area contributed by atoms with Gasteiger partial charge < -0.3 is 5.32 Å². The summed E-state index contributed by atoms with van der Waals surface area (Å²) >= 11 is 0. The van der Waals surface area contributed by atoms with Gasteiger partial charge in [-0.15, -0.1) is 0 Å². The molecule has 27 heavy (non-hydrogen) atoms. The van der Waals surface area contributed by atoms with Gasteiger partial charge in [-0.05, 0) is 36.1 Å². The van der Waals surface area contributed by atoms with Crippen molar-refractivity contribution >= 4 is 21.6 Å². The number of carbonyl (C=O) groups excluding carboxylic acids is 1. The van der Waals surface area contributed by atoms with Crippen LogP contribution < -0.4 is 9.62 Å². The molecule has 2 rings (SSSR count). The largest absolute Gasteiger partial charge is 0.356 e. The van der Waals surface area contributed by atoms with Crippen LogP contribution in [0.5, 0.6) is 0 Å². The highest BCUT2D eigenvalue weighted by Gasteiger charge is 2.18. The minimum absolute atomic E-state index is 0.115. The van der Waals surface area contributed by atoms with Crippen LogP contribution in [0, 0.1) is 5.82 Å². The van der Waals surface area contributed by atoms with E-state index >= 15 is 0 Å². The molecule has 0 aliphatic carbocycles. The van der Waals surface area contributed by atoms with E-state index in [2.05, 4.69) is 5.32 Å². The Morgan fingerprint density at radius 3 is 2.48 bits per heavy atom. The van der Waals surface area contributed by atoms with Crippen molar-refractivity contribution in [2.45, 2.75) is 25.7 Å². The van der Waals surface area contributed by atoms with Crippen molar-refractivity contribution < 1.29 is 17.6 Å². The van der Waals surface area contributed by atoms with Gasteiger partial charge in [0, 0.05) is 19.5 Å². The Morgan fingerprint density at radius 1 is 1.15 bits per heavy atom. The van der Waals surface area contributed by atoms with E-state index in [1.54, 1.807) is 0 Å². The molecule has 0 bridgehead atoms. The van der Waals surface area contributed by atoms with E-state index < -0.39 is 15.8 Å². The van der Waals surface area contributed by atoms with Crippen molar-refractivity contribution in [2.75, 3.05) is 23.7 Å². The summed E-state index contributed by atoms with van der Waals surface area (Å²) < 4.78 is 38.5. The second-order valence-corrected chi connectivity index (χ2v) is 8.44. The molecule has 1 N–H and O–H groups in total. The van der Waals surface area contributed by atoms with E-state index in [-0.39, 0.29) is 30.5 Å². The lowest BCUT2D eigenvalue weighted by Crippen LogP contribution is -2.32. The Balaban J connectivity index is 1.85. The van der Waals surface area contributed by atoms with Gasteiger partial charge in [0.05, 0.1) is 11.9 Å². The number of halogens is 1. The third-order valence-corrected chi connectivity index (χ3v) is 5.43. The van der Waals surface area contributed by atoms with Crippen LogP contribution in [-0.2, 0) is 14.8 Å². The zero-order valence-electron chi connectivity index (χ0n) is 15.6. The summed E-state index contributed by atoms with van der Waals surface area (Å²) in [6.07, 6.45) is 1.61. The molecule has 0 saturated carbocycles. The van der Waals surface area contributed by atoms with Gasteiger partial charge in [-0.2, -0.15) is 0 Å². The second kappa shape index (κ2) is 9.50. The molecule has 0 aliphatic heterocycles. The smallest absolute Gasteiger partial charge is 0.232 e. The summed E-state index contributed by atoms with van der Waals surface area (Å²) in [7, 11) is -3.56. The normalized spacial score (nSPS) is 12.4. The molecule has 2 aromatic carbocycles. The van der Waals surface area contributed by atoms with Crippen LogP contribution >= 0.6 is 0 Å². The molecule has 0 fully saturated rings. The lowest BCUT2D eigenvalue weighted by Gasteiger charge is -2.22. The lowest BCUT2D eigenvalue weighted by atomic mass is 10.0. The van der Waals surface area contributed by atoms with Crippen molar-refractivity contribution in [3.63, 3.8) is 0 Å². The van der Waals surface area contributed by atoms with Gasteiger partial charge in [0.2, 0.25) is 15.9 Å². The molecule has 0 heterocycles. The highest BCUT2D eigenvalue weighted by Crippen LogP contribution is 2.19. The van der Waals surface area contributed by atoms with E-state index in [0.29, 0.717) is 13.0 Å². The monoisotopic (exact) mass is 392 g/mol. The number of nitrogens with one attached hydrogen (secondary N) is 1. The predicted octanol–water partition coefficient (Wildman–Crippen LogP) is 3.29. The first kappa shape index (κ1) is 20.9. The van der Waals surface area contributed by atoms with Crippen LogP contribution in [0.1, 0.15) is 31.2 Å². The first-order valence-electron chi connectivity index (χ1n) is 8.82. The van der Waals surface area contributed by atoms with E-state index in [9.17, 15) is 17.6 Å². The molecule has 0 aromatic heterocycles. The molecule has 0 unspecified atom stereocenters. The quantitative estimate of drug-likeness (QED) is 0.712. The van der Waals surface area contributed by atoms with Crippen molar-refractivity contribution in [1.82, 2.24) is 5.32 Å². The average Bonchev–Trinajstić information content (AvgIpc) is 2.63. The fraction of sp³-hybridized carbons (Fsp3) is 0.350.